The molecule has 5 heteroatoms. The zero-order chi connectivity index (χ0) is 23.2. The number of allylic oxidation sites excluding steroid dienone is 1. The zero-order valence-corrected chi connectivity index (χ0v) is 19.5. The molecule has 0 aliphatic heterocycles. The van der Waals surface area contributed by atoms with Crippen molar-refractivity contribution in [1.82, 2.24) is 4.98 Å². The molecule has 1 unspecified atom stereocenters. The Kier molecular flexibility index (Phi) is 11.2. The monoisotopic (exact) mass is 437 g/mol. The molecule has 2 rings (SSSR count). The van der Waals surface area contributed by atoms with Crippen molar-refractivity contribution in [2.24, 2.45) is 0 Å². The topological polar surface area (TPSA) is 65.5 Å². The highest BCUT2D eigenvalue weighted by Gasteiger charge is 2.08. The Labute approximate surface area is 191 Å². The second-order valence-corrected chi connectivity index (χ2v) is 7.94. The number of hydrogen-bond acceptors (Lipinski definition) is 5. The third-order valence-corrected chi connectivity index (χ3v) is 5.14. The van der Waals surface area contributed by atoms with Gasteiger partial charge in [-0.2, -0.15) is 0 Å². The molecule has 0 fully saturated rings. The zero-order valence-electron chi connectivity index (χ0n) is 19.5. The lowest BCUT2D eigenvalue weighted by atomic mass is 10.0. The molecule has 0 radical (unpaired) electrons. The van der Waals surface area contributed by atoms with Crippen LogP contribution in [-0.2, 0) is 20.7 Å². The average molecular weight is 438 g/mol. The molecule has 2 aromatic rings. The molecule has 172 valence electrons. The number of benzene rings is 1. The van der Waals surface area contributed by atoms with Gasteiger partial charge in [0.2, 0.25) is 0 Å². The van der Waals surface area contributed by atoms with E-state index in [1.54, 1.807) is 19.2 Å². The van der Waals surface area contributed by atoms with E-state index >= 15 is 0 Å². The van der Waals surface area contributed by atoms with Crippen LogP contribution in [0.15, 0.2) is 54.7 Å². The number of nitrogens with zero attached hydrogens (tertiary/aromatic N) is 1. The lowest BCUT2D eigenvalue weighted by molar-refractivity contribution is -0.148. The molecule has 1 heterocycles. The number of carbonyl (C=O) groups is 2. The van der Waals surface area contributed by atoms with Crippen LogP contribution in [0.25, 0.3) is 11.3 Å². The number of esters is 2. The van der Waals surface area contributed by atoms with Crippen LogP contribution in [0, 0.1) is 0 Å². The fourth-order valence-electron chi connectivity index (χ4n) is 3.21. The summed E-state index contributed by atoms with van der Waals surface area (Å²) in [5.74, 6) is -0.105. The molecule has 0 saturated heterocycles. The van der Waals surface area contributed by atoms with E-state index in [2.05, 4.69) is 24.0 Å². The van der Waals surface area contributed by atoms with Crippen LogP contribution in [0.2, 0.25) is 0 Å². The van der Waals surface area contributed by atoms with Gasteiger partial charge in [0.05, 0.1) is 18.0 Å². The first-order valence-electron chi connectivity index (χ1n) is 11.6. The van der Waals surface area contributed by atoms with Crippen molar-refractivity contribution < 1.29 is 19.1 Å². The highest BCUT2D eigenvalue weighted by atomic mass is 16.5. The van der Waals surface area contributed by atoms with Crippen LogP contribution in [0.1, 0.15) is 71.3 Å². The Balaban J connectivity index is 1.81. The summed E-state index contributed by atoms with van der Waals surface area (Å²) in [6, 6.07) is 11.8. The summed E-state index contributed by atoms with van der Waals surface area (Å²) >= 11 is 0. The highest BCUT2D eigenvalue weighted by molar-refractivity contribution is 5.84. The molecule has 1 atom stereocenters. The van der Waals surface area contributed by atoms with Crippen LogP contribution in [0.5, 0.6) is 5.75 Å². The van der Waals surface area contributed by atoms with Crippen molar-refractivity contribution in [1.29, 1.82) is 0 Å². The minimum absolute atomic E-state index is 0.0880. The molecular formula is C27H35NO4. The molecule has 0 spiro atoms. The van der Waals surface area contributed by atoms with Gasteiger partial charge in [0.25, 0.3) is 0 Å². The van der Waals surface area contributed by atoms with Gasteiger partial charge in [0.1, 0.15) is 5.75 Å². The van der Waals surface area contributed by atoms with E-state index in [1.807, 2.05) is 31.2 Å². The second kappa shape index (κ2) is 14.2. The van der Waals surface area contributed by atoms with Crippen LogP contribution in [-0.4, -0.2) is 23.0 Å². The molecule has 0 aliphatic carbocycles. The molecular weight excluding hydrogens is 402 g/mol. The van der Waals surface area contributed by atoms with Crippen LogP contribution >= 0.6 is 0 Å². The SMILES string of the molecule is CCCCCC/C=C/C(=O)Oc1ccc(-c2ccc(CCC(C)OC(=O)CC)cc2)nc1. The van der Waals surface area contributed by atoms with Crippen molar-refractivity contribution in [2.75, 3.05) is 0 Å². The van der Waals surface area contributed by atoms with E-state index in [0.29, 0.717) is 12.2 Å². The molecule has 0 N–H and O–H groups in total. The van der Waals surface area contributed by atoms with Gasteiger partial charge in [-0.1, -0.05) is 63.5 Å². The van der Waals surface area contributed by atoms with Gasteiger partial charge in [-0.05, 0) is 50.3 Å². The third kappa shape index (κ3) is 9.46. The smallest absolute Gasteiger partial charge is 0.335 e. The molecule has 0 bridgehead atoms. The summed E-state index contributed by atoms with van der Waals surface area (Å²) in [4.78, 5) is 27.7. The Morgan fingerprint density at radius 2 is 1.81 bits per heavy atom. The van der Waals surface area contributed by atoms with Crippen molar-refractivity contribution in [3.05, 3.63) is 60.3 Å². The molecule has 1 aromatic heterocycles. The first-order chi connectivity index (χ1) is 15.5. The fraction of sp³-hybridized carbons (Fsp3) is 0.444. The highest BCUT2D eigenvalue weighted by Crippen LogP contribution is 2.21. The maximum absolute atomic E-state index is 11.9. The molecule has 0 aliphatic rings. The number of pyridine rings is 1. The van der Waals surface area contributed by atoms with Crippen molar-refractivity contribution in [2.45, 2.75) is 78.2 Å². The first kappa shape index (κ1) is 25.3. The number of ether oxygens (including phenoxy) is 2. The summed E-state index contributed by atoms with van der Waals surface area (Å²) < 4.78 is 10.6. The number of unbranched alkanes of at least 4 members (excludes halogenated alkanes) is 4. The maximum Gasteiger partial charge on any atom is 0.335 e. The summed E-state index contributed by atoms with van der Waals surface area (Å²) in [5, 5.41) is 0. The number of rotatable bonds is 13. The van der Waals surface area contributed by atoms with Crippen molar-refractivity contribution >= 4 is 11.9 Å². The van der Waals surface area contributed by atoms with Gasteiger partial charge < -0.3 is 9.47 Å². The van der Waals surface area contributed by atoms with E-state index in [1.165, 1.54) is 30.9 Å². The Morgan fingerprint density at radius 3 is 2.47 bits per heavy atom. The summed E-state index contributed by atoms with van der Waals surface area (Å²) in [5.41, 5.74) is 2.98. The largest absolute Gasteiger partial charge is 0.463 e. The molecule has 5 nitrogen and oxygen atoms in total. The van der Waals surface area contributed by atoms with Crippen LogP contribution in [0.3, 0.4) is 0 Å². The summed E-state index contributed by atoms with van der Waals surface area (Å²) in [6.07, 6.45) is 12.5. The Bertz CT molecular complexity index is 856. The summed E-state index contributed by atoms with van der Waals surface area (Å²) in [7, 11) is 0. The van der Waals surface area contributed by atoms with E-state index in [-0.39, 0.29) is 18.0 Å². The van der Waals surface area contributed by atoms with E-state index < -0.39 is 0 Å². The predicted octanol–water partition coefficient (Wildman–Crippen LogP) is 6.45. The van der Waals surface area contributed by atoms with Crippen molar-refractivity contribution in [3.8, 4) is 17.0 Å². The van der Waals surface area contributed by atoms with Crippen LogP contribution in [0.4, 0.5) is 0 Å². The second-order valence-electron chi connectivity index (χ2n) is 7.94. The van der Waals surface area contributed by atoms with Gasteiger partial charge >= 0.3 is 11.9 Å². The van der Waals surface area contributed by atoms with E-state index in [9.17, 15) is 9.59 Å². The molecule has 0 saturated carbocycles. The molecule has 1 aromatic carbocycles. The van der Waals surface area contributed by atoms with Gasteiger partial charge in [-0.25, -0.2) is 4.79 Å². The Hall–Kier alpha value is -2.95. The first-order valence-corrected chi connectivity index (χ1v) is 11.6. The molecule has 32 heavy (non-hydrogen) atoms. The number of carbonyl (C=O) groups excluding carboxylic acids is 2. The normalized spacial score (nSPS) is 12.0. The van der Waals surface area contributed by atoms with E-state index in [4.69, 9.17) is 9.47 Å². The fourth-order valence-corrected chi connectivity index (χ4v) is 3.21. The van der Waals surface area contributed by atoms with Gasteiger partial charge in [-0.3, -0.25) is 9.78 Å². The molecule has 0 amide bonds. The third-order valence-electron chi connectivity index (χ3n) is 5.14. The minimum Gasteiger partial charge on any atom is -0.463 e. The van der Waals surface area contributed by atoms with Crippen molar-refractivity contribution in [3.63, 3.8) is 0 Å². The van der Waals surface area contributed by atoms with Gasteiger partial charge in [0, 0.05) is 18.1 Å². The number of aryl methyl sites for hydroxylation is 1. The predicted molar refractivity (Wildman–Crippen MR) is 127 cm³/mol. The van der Waals surface area contributed by atoms with Gasteiger partial charge in [0.15, 0.2) is 0 Å². The summed E-state index contributed by atoms with van der Waals surface area (Å²) in [6.45, 7) is 5.90. The van der Waals surface area contributed by atoms with Gasteiger partial charge in [-0.15, -0.1) is 0 Å². The lowest BCUT2D eigenvalue weighted by Gasteiger charge is -2.12. The van der Waals surface area contributed by atoms with Crippen LogP contribution < -0.4 is 4.74 Å². The maximum atomic E-state index is 11.9. The standard InChI is InChI=1S/C27H35NO4/c1-4-6-7-8-9-10-11-27(30)32-24-18-19-25(28-20-24)23-16-14-22(15-17-23)13-12-21(3)31-26(29)5-2/h10-11,14-21H,4-9,12-13H2,1-3H3/b11-10+. The average Bonchev–Trinajstić information content (AvgIpc) is 2.81. The minimum atomic E-state index is -0.377. The quantitative estimate of drug-likeness (QED) is 0.204. The number of hydrogen-bond donors (Lipinski definition) is 0. The Morgan fingerprint density at radius 1 is 1.03 bits per heavy atom. The lowest BCUT2D eigenvalue weighted by Crippen LogP contribution is -2.14. The van der Waals surface area contributed by atoms with E-state index in [0.717, 1.165) is 36.9 Å². The number of aromatic nitrogens is 1.